The minimum atomic E-state index is 0.142. The van der Waals surface area contributed by atoms with E-state index in [1.807, 2.05) is 32.7 Å². The second-order valence-corrected chi connectivity index (χ2v) is 4.05. The normalized spacial score (nSPS) is 11.7. The largest absolute Gasteiger partial charge is 0.356 e. The Kier molecular flexibility index (Phi) is 4.70. The van der Waals surface area contributed by atoms with Crippen molar-refractivity contribution in [3.8, 4) is 6.07 Å². The highest BCUT2D eigenvalue weighted by atomic mass is 15.2. The quantitative estimate of drug-likeness (QED) is 0.842. The zero-order valence-corrected chi connectivity index (χ0v) is 10.9. The summed E-state index contributed by atoms with van der Waals surface area (Å²) in [5.41, 5.74) is 1.01. The molecule has 0 aliphatic heterocycles. The molecule has 1 aromatic rings. The minimum absolute atomic E-state index is 0.142. The zero-order valence-electron chi connectivity index (χ0n) is 10.9. The van der Waals surface area contributed by atoms with Crippen LogP contribution in [0.2, 0.25) is 0 Å². The van der Waals surface area contributed by atoms with Crippen LogP contribution in [0, 0.1) is 18.3 Å². The summed E-state index contributed by atoms with van der Waals surface area (Å²) in [4.78, 5) is 10.7. The molecule has 5 heteroatoms. The van der Waals surface area contributed by atoms with Crippen LogP contribution < -0.4 is 10.2 Å². The fourth-order valence-corrected chi connectivity index (χ4v) is 1.51. The van der Waals surface area contributed by atoms with Gasteiger partial charge in [-0.2, -0.15) is 10.2 Å². The molecular formula is C12H19N5. The molecule has 1 heterocycles. The molecule has 1 rings (SSSR count). The van der Waals surface area contributed by atoms with Gasteiger partial charge >= 0.3 is 0 Å². The molecule has 1 unspecified atom stereocenters. The number of anilines is 2. The van der Waals surface area contributed by atoms with Crippen molar-refractivity contribution in [2.24, 2.45) is 0 Å². The molecule has 0 saturated heterocycles. The van der Waals surface area contributed by atoms with E-state index in [1.54, 1.807) is 6.20 Å². The van der Waals surface area contributed by atoms with Crippen LogP contribution in [0.15, 0.2) is 6.20 Å². The SMILES string of the molecule is CCNc1ncc(C)c(N(C)C(C)CC#N)n1. The Hall–Kier alpha value is -1.83. The molecule has 1 aromatic heterocycles. The van der Waals surface area contributed by atoms with Gasteiger partial charge in [-0.15, -0.1) is 0 Å². The van der Waals surface area contributed by atoms with E-state index in [0.717, 1.165) is 17.9 Å². The first-order chi connectivity index (χ1) is 8.10. The monoisotopic (exact) mass is 233 g/mol. The third-order valence-electron chi connectivity index (χ3n) is 2.66. The Bertz CT molecular complexity index is 410. The van der Waals surface area contributed by atoms with Crippen molar-refractivity contribution >= 4 is 11.8 Å². The smallest absolute Gasteiger partial charge is 0.224 e. The number of nitrogens with zero attached hydrogens (tertiary/aromatic N) is 4. The van der Waals surface area contributed by atoms with E-state index in [4.69, 9.17) is 5.26 Å². The van der Waals surface area contributed by atoms with E-state index < -0.39 is 0 Å². The van der Waals surface area contributed by atoms with Crippen LogP contribution in [0.4, 0.5) is 11.8 Å². The molecular weight excluding hydrogens is 214 g/mol. The molecule has 0 aliphatic carbocycles. The summed E-state index contributed by atoms with van der Waals surface area (Å²) in [6, 6.07) is 2.32. The highest BCUT2D eigenvalue weighted by Gasteiger charge is 2.14. The van der Waals surface area contributed by atoms with E-state index >= 15 is 0 Å². The van der Waals surface area contributed by atoms with E-state index in [0.29, 0.717) is 12.4 Å². The van der Waals surface area contributed by atoms with Crippen molar-refractivity contribution < 1.29 is 0 Å². The molecule has 92 valence electrons. The van der Waals surface area contributed by atoms with Crippen molar-refractivity contribution in [2.45, 2.75) is 33.2 Å². The van der Waals surface area contributed by atoms with Gasteiger partial charge in [0.15, 0.2) is 0 Å². The summed E-state index contributed by atoms with van der Waals surface area (Å²) in [5.74, 6) is 1.50. The number of nitriles is 1. The summed E-state index contributed by atoms with van der Waals surface area (Å²) in [7, 11) is 1.95. The molecule has 0 fully saturated rings. The van der Waals surface area contributed by atoms with Gasteiger partial charge in [-0.05, 0) is 20.8 Å². The Balaban J connectivity index is 2.95. The van der Waals surface area contributed by atoms with Gasteiger partial charge in [0.25, 0.3) is 0 Å². The van der Waals surface area contributed by atoms with Crippen LogP contribution in [0.25, 0.3) is 0 Å². The fourth-order valence-electron chi connectivity index (χ4n) is 1.51. The predicted molar refractivity (Wildman–Crippen MR) is 69.0 cm³/mol. The number of hydrogen-bond donors (Lipinski definition) is 1. The summed E-state index contributed by atoms with van der Waals surface area (Å²) in [5, 5.41) is 11.8. The summed E-state index contributed by atoms with van der Waals surface area (Å²) < 4.78 is 0. The summed E-state index contributed by atoms with van der Waals surface area (Å²) in [6.45, 7) is 6.78. The van der Waals surface area contributed by atoms with Crippen molar-refractivity contribution in [1.29, 1.82) is 5.26 Å². The van der Waals surface area contributed by atoms with Crippen molar-refractivity contribution in [1.82, 2.24) is 9.97 Å². The third kappa shape index (κ3) is 3.31. The van der Waals surface area contributed by atoms with Crippen molar-refractivity contribution in [3.05, 3.63) is 11.8 Å². The molecule has 1 N–H and O–H groups in total. The van der Waals surface area contributed by atoms with Crippen molar-refractivity contribution in [2.75, 3.05) is 23.8 Å². The molecule has 1 atom stereocenters. The number of aromatic nitrogens is 2. The lowest BCUT2D eigenvalue weighted by Gasteiger charge is -2.25. The second-order valence-electron chi connectivity index (χ2n) is 4.05. The van der Waals surface area contributed by atoms with Crippen LogP contribution >= 0.6 is 0 Å². The average molecular weight is 233 g/mol. The maximum Gasteiger partial charge on any atom is 0.224 e. The van der Waals surface area contributed by atoms with Crippen molar-refractivity contribution in [3.63, 3.8) is 0 Å². The van der Waals surface area contributed by atoms with E-state index in [2.05, 4.69) is 21.4 Å². The number of aryl methyl sites for hydroxylation is 1. The molecule has 0 aromatic carbocycles. The van der Waals surface area contributed by atoms with Crippen LogP contribution in [0.1, 0.15) is 25.8 Å². The first-order valence-electron chi connectivity index (χ1n) is 5.77. The molecule has 0 radical (unpaired) electrons. The Labute approximate surface area is 102 Å². The zero-order chi connectivity index (χ0) is 12.8. The molecule has 17 heavy (non-hydrogen) atoms. The van der Waals surface area contributed by atoms with Gasteiger partial charge < -0.3 is 10.2 Å². The van der Waals surface area contributed by atoms with Crippen LogP contribution in [-0.2, 0) is 0 Å². The van der Waals surface area contributed by atoms with Gasteiger partial charge in [0, 0.05) is 31.4 Å². The van der Waals surface area contributed by atoms with E-state index in [9.17, 15) is 0 Å². The van der Waals surface area contributed by atoms with Gasteiger partial charge in [-0.25, -0.2) is 4.98 Å². The number of hydrogen-bond acceptors (Lipinski definition) is 5. The number of nitrogens with one attached hydrogen (secondary N) is 1. The van der Waals surface area contributed by atoms with Crippen LogP contribution in [0.5, 0.6) is 0 Å². The Morgan fingerprint density at radius 2 is 2.29 bits per heavy atom. The first kappa shape index (κ1) is 13.2. The Morgan fingerprint density at radius 1 is 1.59 bits per heavy atom. The average Bonchev–Trinajstić information content (AvgIpc) is 2.31. The minimum Gasteiger partial charge on any atom is -0.356 e. The fraction of sp³-hybridized carbons (Fsp3) is 0.583. The van der Waals surface area contributed by atoms with Gasteiger partial charge in [0.1, 0.15) is 5.82 Å². The highest BCUT2D eigenvalue weighted by Crippen LogP contribution is 2.19. The Morgan fingerprint density at radius 3 is 2.88 bits per heavy atom. The van der Waals surface area contributed by atoms with E-state index in [-0.39, 0.29) is 6.04 Å². The van der Waals surface area contributed by atoms with Gasteiger partial charge in [0.2, 0.25) is 5.95 Å². The maximum absolute atomic E-state index is 8.72. The molecule has 0 bridgehead atoms. The lowest BCUT2D eigenvalue weighted by Crippen LogP contribution is -2.30. The molecule has 0 aliphatic rings. The third-order valence-corrected chi connectivity index (χ3v) is 2.66. The lowest BCUT2D eigenvalue weighted by atomic mass is 10.2. The summed E-state index contributed by atoms with van der Waals surface area (Å²) >= 11 is 0. The molecule has 0 spiro atoms. The first-order valence-corrected chi connectivity index (χ1v) is 5.77. The number of rotatable bonds is 5. The highest BCUT2D eigenvalue weighted by molar-refractivity contribution is 5.49. The standard InChI is InChI=1S/C12H19N5/c1-5-14-12-15-8-9(2)11(16-12)17(4)10(3)6-7-13/h8,10H,5-6H2,1-4H3,(H,14,15,16). The van der Waals surface area contributed by atoms with Gasteiger partial charge in [-0.1, -0.05) is 0 Å². The summed E-state index contributed by atoms with van der Waals surface area (Å²) in [6.07, 6.45) is 2.28. The second kappa shape index (κ2) is 6.04. The van der Waals surface area contributed by atoms with Gasteiger partial charge in [0.05, 0.1) is 12.5 Å². The lowest BCUT2D eigenvalue weighted by molar-refractivity contribution is 0.690. The van der Waals surface area contributed by atoms with Crippen LogP contribution in [0.3, 0.4) is 0 Å². The van der Waals surface area contributed by atoms with E-state index in [1.165, 1.54) is 0 Å². The maximum atomic E-state index is 8.72. The van der Waals surface area contributed by atoms with Gasteiger partial charge in [-0.3, -0.25) is 0 Å². The predicted octanol–water partition coefficient (Wildman–Crippen LogP) is 1.96. The molecule has 5 nitrogen and oxygen atoms in total. The topological polar surface area (TPSA) is 64.8 Å². The molecule has 0 saturated carbocycles. The van der Waals surface area contributed by atoms with Crippen LogP contribution in [-0.4, -0.2) is 29.6 Å². The molecule has 0 amide bonds.